The topological polar surface area (TPSA) is 9.23 Å². The summed E-state index contributed by atoms with van der Waals surface area (Å²) in [5.74, 6) is 0. The van der Waals surface area contributed by atoms with Gasteiger partial charge in [0.15, 0.2) is 0 Å². The van der Waals surface area contributed by atoms with E-state index in [9.17, 15) is 13.2 Å². The Morgan fingerprint density at radius 2 is 1.82 bits per heavy atom. The van der Waals surface area contributed by atoms with E-state index in [-0.39, 0.29) is 0 Å². The van der Waals surface area contributed by atoms with Gasteiger partial charge in [-0.05, 0) is 19.3 Å². The van der Waals surface area contributed by atoms with Crippen molar-refractivity contribution in [3.8, 4) is 0 Å². The minimum Gasteiger partial charge on any atom is -0.382 e. The van der Waals surface area contributed by atoms with Gasteiger partial charge in [-0.3, -0.25) is 0 Å². The van der Waals surface area contributed by atoms with Crippen molar-refractivity contribution in [3.05, 3.63) is 29.8 Å². The Morgan fingerprint density at radius 1 is 1.12 bits per heavy atom. The first-order chi connectivity index (χ1) is 8.05. The van der Waals surface area contributed by atoms with Crippen molar-refractivity contribution in [1.82, 2.24) is 0 Å². The number of halogens is 3. The predicted octanol–water partition coefficient (Wildman–Crippen LogP) is 2.03. The fraction of sp³-hybridized carbons (Fsp3) is 0.500. The summed E-state index contributed by atoms with van der Waals surface area (Å²) < 4.78 is 42.7. The fourth-order valence-corrected chi connectivity index (χ4v) is 3.87. The first kappa shape index (κ1) is 12.6. The third-order valence-electron chi connectivity index (χ3n) is 3.02. The maximum Gasteiger partial charge on any atom is 0.416 e. The zero-order chi connectivity index (χ0) is 12.3. The zero-order valence-corrected chi connectivity index (χ0v) is 10.9. The lowest BCUT2D eigenvalue weighted by atomic mass is 10.2. The number of alkyl halides is 3. The molecule has 5 heteroatoms. The van der Waals surface area contributed by atoms with Gasteiger partial charge >= 0.3 is 6.18 Å². The summed E-state index contributed by atoms with van der Waals surface area (Å²) in [4.78, 5) is 0. The van der Waals surface area contributed by atoms with Crippen molar-refractivity contribution in [2.75, 3.05) is 6.61 Å². The third-order valence-corrected chi connectivity index (χ3v) is 5.06. The quantitative estimate of drug-likeness (QED) is 0.739. The summed E-state index contributed by atoms with van der Waals surface area (Å²) >= 11 is 0. The Labute approximate surface area is 101 Å². The largest absolute Gasteiger partial charge is 0.416 e. The molecule has 1 saturated heterocycles. The molecule has 1 nitrogen and oxygen atoms in total. The van der Waals surface area contributed by atoms with E-state index in [1.807, 2.05) is 0 Å². The molecule has 1 atom stereocenters. The molecule has 1 aromatic rings. The number of hydrogen-bond donors (Lipinski definition) is 0. The van der Waals surface area contributed by atoms with Crippen LogP contribution in [0, 0.1) is 0 Å². The van der Waals surface area contributed by atoms with Gasteiger partial charge in [-0.2, -0.15) is 13.2 Å². The number of rotatable bonds is 2. The molecular formula is C12H15F3OSi. The van der Waals surface area contributed by atoms with E-state index in [1.165, 1.54) is 18.6 Å². The van der Waals surface area contributed by atoms with Crippen molar-refractivity contribution in [2.45, 2.75) is 31.2 Å². The monoisotopic (exact) mass is 260 g/mol. The van der Waals surface area contributed by atoms with Gasteiger partial charge in [-0.1, -0.05) is 29.5 Å². The van der Waals surface area contributed by atoms with Crippen molar-refractivity contribution in [1.29, 1.82) is 0 Å². The smallest absolute Gasteiger partial charge is 0.382 e. The van der Waals surface area contributed by atoms with E-state index in [2.05, 4.69) is 0 Å². The normalized spacial score (nSPS) is 22.2. The number of hydrogen-bond acceptors (Lipinski definition) is 1. The molecule has 2 rings (SSSR count). The summed E-state index contributed by atoms with van der Waals surface area (Å²) in [5.41, 5.74) is -0.264. The Kier molecular flexibility index (Phi) is 3.88. The number of ether oxygens (including phenoxy) is 1. The molecule has 1 aliphatic rings. The second kappa shape index (κ2) is 5.22. The van der Waals surface area contributed by atoms with Gasteiger partial charge in [0, 0.05) is 12.3 Å². The Hall–Kier alpha value is -0.813. The molecule has 0 spiro atoms. The van der Waals surface area contributed by atoms with Crippen molar-refractivity contribution in [2.24, 2.45) is 0 Å². The van der Waals surface area contributed by atoms with Gasteiger partial charge in [0.25, 0.3) is 0 Å². The van der Waals surface area contributed by atoms with Crippen molar-refractivity contribution in [3.63, 3.8) is 0 Å². The molecule has 1 heterocycles. The third kappa shape index (κ3) is 3.57. The lowest BCUT2D eigenvalue weighted by Crippen LogP contribution is -2.33. The summed E-state index contributed by atoms with van der Waals surface area (Å²) in [6.07, 6.45) is -0.884. The Morgan fingerprint density at radius 3 is 2.35 bits per heavy atom. The van der Waals surface area contributed by atoms with Crippen molar-refractivity contribution < 1.29 is 17.9 Å². The van der Waals surface area contributed by atoms with Crippen molar-refractivity contribution >= 4 is 14.7 Å². The van der Waals surface area contributed by atoms with E-state index in [4.69, 9.17) is 4.74 Å². The fourth-order valence-electron chi connectivity index (χ4n) is 2.06. The summed E-state index contributed by atoms with van der Waals surface area (Å²) in [6, 6.07) is 5.55. The van der Waals surface area contributed by atoms with Crippen LogP contribution in [0.1, 0.15) is 24.8 Å². The van der Waals surface area contributed by atoms with Crippen LogP contribution >= 0.6 is 0 Å². The minimum atomic E-state index is -4.23. The van der Waals surface area contributed by atoms with E-state index < -0.39 is 21.3 Å². The highest BCUT2D eigenvalue weighted by Gasteiger charge is 2.30. The highest BCUT2D eigenvalue weighted by molar-refractivity contribution is 6.54. The standard InChI is InChI=1S/C12H15F3OSi/c13-12(14,15)9-4-6-10(7-5-9)17-11-3-1-2-8-16-11/h4-7,11H,1-3,8,17H2. The van der Waals surface area contributed by atoms with Gasteiger partial charge in [-0.15, -0.1) is 0 Å². The molecule has 94 valence electrons. The van der Waals surface area contributed by atoms with Crippen LogP contribution in [0.25, 0.3) is 0 Å². The Balaban J connectivity index is 1.98. The molecule has 1 aromatic carbocycles. The van der Waals surface area contributed by atoms with Crippen LogP contribution in [-0.2, 0) is 10.9 Å². The van der Waals surface area contributed by atoms with Crippen LogP contribution < -0.4 is 5.19 Å². The van der Waals surface area contributed by atoms with Crippen LogP contribution in [0.3, 0.4) is 0 Å². The molecule has 0 radical (unpaired) electrons. The van der Waals surface area contributed by atoms with Crippen LogP contribution in [0.5, 0.6) is 0 Å². The van der Waals surface area contributed by atoms with Gasteiger partial charge in [-0.25, -0.2) is 0 Å². The number of benzene rings is 1. The Bertz CT molecular complexity index is 355. The molecule has 0 bridgehead atoms. The summed E-state index contributed by atoms with van der Waals surface area (Å²) in [6.45, 7) is 0.804. The SMILES string of the molecule is FC(F)(F)c1ccc([SiH2]C2CCCCO2)cc1. The molecule has 0 aliphatic carbocycles. The molecule has 0 amide bonds. The van der Waals surface area contributed by atoms with Crippen LogP contribution in [0.2, 0.25) is 0 Å². The molecular weight excluding hydrogens is 245 g/mol. The second-order valence-electron chi connectivity index (χ2n) is 4.39. The van der Waals surface area contributed by atoms with E-state index in [1.54, 1.807) is 12.1 Å². The maximum absolute atomic E-state index is 12.4. The first-order valence-electron chi connectivity index (χ1n) is 5.83. The van der Waals surface area contributed by atoms with E-state index in [0.717, 1.165) is 24.6 Å². The summed E-state index contributed by atoms with van der Waals surface area (Å²) in [5, 5.41) is 1.05. The molecule has 0 N–H and O–H groups in total. The lowest BCUT2D eigenvalue weighted by molar-refractivity contribution is -0.137. The summed E-state index contributed by atoms with van der Waals surface area (Å²) in [7, 11) is -0.607. The minimum absolute atomic E-state index is 0.306. The molecule has 1 unspecified atom stereocenters. The van der Waals surface area contributed by atoms with Gasteiger partial charge in [0.1, 0.15) is 0 Å². The van der Waals surface area contributed by atoms with Gasteiger partial charge in [0.2, 0.25) is 0 Å². The van der Waals surface area contributed by atoms with Crippen LogP contribution in [0.4, 0.5) is 13.2 Å². The molecule has 1 aliphatic heterocycles. The first-order valence-corrected chi connectivity index (χ1v) is 7.36. The lowest BCUT2D eigenvalue weighted by Gasteiger charge is -2.22. The van der Waals surface area contributed by atoms with Crippen LogP contribution in [-0.4, -0.2) is 21.9 Å². The molecule has 1 fully saturated rings. The zero-order valence-electron chi connectivity index (χ0n) is 9.46. The van der Waals surface area contributed by atoms with E-state index in [0.29, 0.717) is 5.73 Å². The predicted molar refractivity (Wildman–Crippen MR) is 63.2 cm³/mol. The molecule has 0 aromatic heterocycles. The van der Waals surface area contributed by atoms with E-state index >= 15 is 0 Å². The van der Waals surface area contributed by atoms with Gasteiger partial charge < -0.3 is 4.74 Å². The second-order valence-corrected chi connectivity index (χ2v) is 6.52. The average molecular weight is 260 g/mol. The maximum atomic E-state index is 12.4. The van der Waals surface area contributed by atoms with Gasteiger partial charge in [0.05, 0.1) is 15.1 Å². The van der Waals surface area contributed by atoms with Crippen LogP contribution in [0.15, 0.2) is 24.3 Å². The average Bonchev–Trinajstić information content (AvgIpc) is 2.30. The molecule has 17 heavy (non-hydrogen) atoms. The highest BCUT2D eigenvalue weighted by Crippen LogP contribution is 2.28. The highest BCUT2D eigenvalue weighted by atomic mass is 28.2. The molecule has 0 saturated carbocycles.